The van der Waals surface area contributed by atoms with Gasteiger partial charge in [0.25, 0.3) is 0 Å². The number of carboxylic acid groups (broad SMARTS) is 1. The van der Waals surface area contributed by atoms with Gasteiger partial charge in [-0.25, -0.2) is 0 Å². The first-order valence-electron chi connectivity index (χ1n) is 6.18. The molecule has 5 nitrogen and oxygen atoms in total. The fourth-order valence-corrected chi connectivity index (χ4v) is 2.26. The molecule has 3 unspecified atom stereocenters. The molecule has 5 heteroatoms. The molecule has 1 fully saturated rings. The number of aliphatic hydroxyl groups is 1. The number of aliphatic hydroxyl groups excluding tert-OH is 1. The first kappa shape index (κ1) is 14.4. The average molecular weight is 245 g/mol. The molecule has 0 aromatic rings. The van der Waals surface area contributed by atoms with Crippen LogP contribution in [0, 0.1) is 5.92 Å². The molecule has 1 aliphatic heterocycles. The maximum Gasteiger partial charge on any atom is 0.321 e. The lowest BCUT2D eigenvalue weighted by atomic mass is 10.0. The predicted molar refractivity (Wildman–Crippen MR) is 63.9 cm³/mol. The van der Waals surface area contributed by atoms with Gasteiger partial charge in [-0.3, -0.25) is 9.69 Å². The molecule has 100 valence electrons. The maximum absolute atomic E-state index is 11.1. The molecule has 0 aromatic carbocycles. The second-order valence-corrected chi connectivity index (χ2v) is 5.08. The highest BCUT2D eigenvalue weighted by molar-refractivity contribution is 5.74. The molecule has 0 bridgehead atoms. The van der Waals surface area contributed by atoms with Crippen molar-refractivity contribution in [1.29, 1.82) is 0 Å². The smallest absolute Gasteiger partial charge is 0.321 e. The van der Waals surface area contributed by atoms with Crippen molar-refractivity contribution in [3.8, 4) is 0 Å². The molecule has 0 amide bonds. The Morgan fingerprint density at radius 1 is 1.53 bits per heavy atom. The number of hydrogen-bond acceptors (Lipinski definition) is 4. The van der Waals surface area contributed by atoms with E-state index in [9.17, 15) is 9.90 Å². The molecule has 3 atom stereocenters. The highest BCUT2D eigenvalue weighted by Gasteiger charge is 2.37. The minimum Gasteiger partial charge on any atom is -0.480 e. The van der Waals surface area contributed by atoms with E-state index < -0.39 is 18.1 Å². The van der Waals surface area contributed by atoms with Crippen LogP contribution < -0.4 is 0 Å². The highest BCUT2D eigenvalue weighted by Crippen LogP contribution is 2.24. The number of nitrogens with zero attached hydrogens (tertiary/aromatic N) is 1. The van der Waals surface area contributed by atoms with Gasteiger partial charge in [0.2, 0.25) is 0 Å². The first-order valence-corrected chi connectivity index (χ1v) is 6.18. The molecule has 0 saturated carbocycles. The van der Waals surface area contributed by atoms with Gasteiger partial charge in [0.15, 0.2) is 0 Å². The molecule has 17 heavy (non-hydrogen) atoms. The third-order valence-corrected chi connectivity index (χ3v) is 3.12. The summed E-state index contributed by atoms with van der Waals surface area (Å²) in [6.07, 6.45) is 0.330. The lowest BCUT2D eigenvalue weighted by molar-refractivity contribution is -0.144. The summed E-state index contributed by atoms with van der Waals surface area (Å²) in [5.41, 5.74) is 0. The van der Waals surface area contributed by atoms with E-state index in [1.807, 2.05) is 25.7 Å². The second kappa shape index (κ2) is 6.33. The van der Waals surface area contributed by atoms with Crippen molar-refractivity contribution in [2.45, 2.75) is 45.4 Å². The van der Waals surface area contributed by atoms with E-state index in [4.69, 9.17) is 9.84 Å². The van der Waals surface area contributed by atoms with Crippen LogP contribution >= 0.6 is 0 Å². The van der Waals surface area contributed by atoms with E-state index in [2.05, 4.69) is 0 Å². The minimum absolute atomic E-state index is 0.0809. The van der Waals surface area contributed by atoms with Crippen LogP contribution in [0.3, 0.4) is 0 Å². The molecular weight excluding hydrogens is 222 g/mol. The SMILES string of the molecule is CC(C)OCC(O)CN1CCC(C)C1C(=O)O. The Balaban J connectivity index is 2.42. The van der Waals surface area contributed by atoms with Gasteiger partial charge < -0.3 is 14.9 Å². The fraction of sp³-hybridized carbons (Fsp3) is 0.917. The summed E-state index contributed by atoms with van der Waals surface area (Å²) in [5, 5.41) is 18.9. The Labute approximate surface area is 102 Å². The zero-order valence-electron chi connectivity index (χ0n) is 10.8. The fourth-order valence-electron chi connectivity index (χ4n) is 2.26. The predicted octanol–water partition coefficient (Wildman–Crippen LogP) is 0.567. The number of aliphatic carboxylic acids is 1. The number of carbonyl (C=O) groups is 1. The Hall–Kier alpha value is -0.650. The van der Waals surface area contributed by atoms with Crippen LogP contribution in [0.4, 0.5) is 0 Å². The molecule has 1 aliphatic rings. The number of ether oxygens (including phenoxy) is 1. The quantitative estimate of drug-likeness (QED) is 0.716. The zero-order chi connectivity index (χ0) is 13.0. The van der Waals surface area contributed by atoms with E-state index in [1.165, 1.54) is 0 Å². The van der Waals surface area contributed by atoms with Crippen molar-refractivity contribution < 1.29 is 19.7 Å². The second-order valence-electron chi connectivity index (χ2n) is 5.08. The molecule has 1 rings (SSSR count). The molecule has 1 heterocycles. The van der Waals surface area contributed by atoms with E-state index >= 15 is 0 Å². The van der Waals surface area contributed by atoms with Crippen LogP contribution in [0.15, 0.2) is 0 Å². The summed E-state index contributed by atoms with van der Waals surface area (Å²) in [5.74, 6) is -0.655. The topological polar surface area (TPSA) is 70.0 Å². The van der Waals surface area contributed by atoms with Crippen molar-refractivity contribution in [3.63, 3.8) is 0 Å². The van der Waals surface area contributed by atoms with Crippen LogP contribution in [0.1, 0.15) is 27.2 Å². The van der Waals surface area contributed by atoms with Gasteiger partial charge in [0.05, 0.1) is 18.8 Å². The minimum atomic E-state index is -0.799. The van der Waals surface area contributed by atoms with Crippen molar-refractivity contribution >= 4 is 5.97 Å². The van der Waals surface area contributed by atoms with Crippen molar-refractivity contribution in [2.75, 3.05) is 19.7 Å². The van der Waals surface area contributed by atoms with Crippen LogP contribution in [0.5, 0.6) is 0 Å². The van der Waals surface area contributed by atoms with Crippen LogP contribution in [0.25, 0.3) is 0 Å². The highest BCUT2D eigenvalue weighted by atomic mass is 16.5. The number of hydrogen-bond donors (Lipinski definition) is 2. The number of carboxylic acids is 1. The van der Waals surface area contributed by atoms with Gasteiger partial charge in [-0.1, -0.05) is 6.92 Å². The Morgan fingerprint density at radius 2 is 2.18 bits per heavy atom. The van der Waals surface area contributed by atoms with Crippen LogP contribution in [0.2, 0.25) is 0 Å². The Bertz CT molecular complexity index is 257. The van der Waals surface area contributed by atoms with Gasteiger partial charge in [-0.05, 0) is 32.7 Å². The number of likely N-dealkylation sites (tertiary alicyclic amines) is 1. The standard InChI is InChI=1S/C12H23NO4/c1-8(2)17-7-10(14)6-13-5-4-9(3)11(13)12(15)16/h8-11,14H,4-7H2,1-3H3,(H,15,16). The van der Waals surface area contributed by atoms with Crippen molar-refractivity contribution in [2.24, 2.45) is 5.92 Å². The lowest BCUT2D eigenvalue weighted by Gasteiger charge is -2.25. The zero-order valence-corrected chi connectivity index (χ0v) is 10.8. The van der Waals surface area contributed by atoms with Crippen molar-refractivity contribution in [1.82, 2.24) is 4.90 Å². The summed E-state index contributed by atoms with van der Waals surface area (Å²) in [6.45, 7) is 7.12. The first-order chi connectivity index (χ1) is 7.91. The monoisotopic (exact) mass is 245 g/mol. The third kappa shape index (κ3) is 4.26. The molecule has 0 radical (unpaired) electrons. The van der Waals surface area contributed by atoms with Crippen LogP contribution in [-0.4, -0.2) is 59.0 Å². The van der Waals surface area contributed by atoms with Gasteiger partial charge in [-0.15, -0.1) is 0 Å². The molecule has 1 saturated heterocycles. The molecule has 2 N–H and O–H groups in total. The largest absolute Gasteiger partial charge is 0.480 e. The summed E-state index contributed by atoms with van der Waals surface area (Å²) in [7, 11) is 0. The van der Waals surface area contributed by atoms with Gasteiger partial charge in [-0.2, -0.15) is 0 Å². The number of rotatable bonds is 6. The maximum atomic E-state index is 11.1. The molecule has 0 aliphatic carbocycles. The Kier molecular flexibility index (Phi) is 5.36. The van der Waals surface area contributed by atoms with Crippen molar-refractivity contribution in [3.05, 3.63) is 0 Å². The average Bonchev–Trinajstić information content (AvgIpc) is 2.56. The summed E-state index contributed by atoms with van der Waals surface area (Å²) >= 11 is 0. The van der Waals surface area contributed by atoms with Gasteiger partial charge >= 0.3 is 5.97 Å². The summed E-state index contributed by atoms with van der Waals surface area (Å²) in [6, 6.07) is -0.469. The molecule has 0 spiro atoms. The summed E-state index contributed by atoms with van der Waals surface area (Å²) < 4.78 is 5.31. The molecular formula is C12H23NO4. The normalized spacial score (nSPS) is 27.6. The van der Waals surface area contributed by atoms with Gasteiger partial charge in [0.1, 0.15) is 6.04 Å². The lowest BCUT2D eigenvalue weighted by Crippen LogP contribution is -2.44. The van der Waals surface area contributed by atoms with E-state index in [0.717, 1.165) is 13.0 Å². The summed E-state index contributed by atoms with van der Waals surface area (Å²) in [4.78, 5) is 13.0. The van der Waals surface area contributed by atoms with Crippen LogP contribution in [-0.2, 0) is 9.53 Å². The van der Waals surface area contributed by atoms with E-state index in [-0.39, 0.29) is 18.6 Å². The van der Waals surface area contributed by atoms with Gasteiger partial charge in [0, 0.05) is 6.54 Å². The molecule has 0 aromatic heterocycles. The number of β-amino-alcohol motifs (C(OH)–C–C–N with tert-alkyl or cyclic N) is 1. The van der Waals surface area contributed by atoms with E-state index in [0.29, 0.717) is 6.54 Å². The Morgan fingerprint density at radius 3 is 2.71 bits per heavy atom. The van der Waals surface area contributed by atoms with E-state index in [1.54, 1.807) is 0 Å². The third-order valence-electron chi connectivity index (χ3n) is 3.12.